The summed E-state index contributed by atoms with van der Waals surface area (Å²) in [6.07, 6.45) is 1.59. The summed E-state index contributed by atoms with van der Waals surface area (Å²) in [6, 6.07) is 5.23. The van der Waals surface area contributed by atoms with Gasteiger partial charge in [0.1, 0.15) is 23.9 Å². The molecule has 0 aromatic heterocycles. The Morgan fingerprint density at radius 1 is 0.722 bits per heavy atom. The van der Waals surface area contributed by atoms with E-state index in [2.05, 4.69) is 0 Å². The number of carboxylic acids is 1. The van der Waals surface area contributed by atoms with E-state index in [9.17, 15) is 75.3 Å². The van der Waals surface area contributed by atoms with Crippen molar-refractivity contribution in [3.63, 3.8) is 0 Å². The van der Waals surface area contributed by atoms with Crippen LogP contribution in [0.5, 0.6) is 0 Å². The number of nitrogens with two attached hydrogens (primary N) is 2. The Balaban J connectivity index is 1.54. The lowest BCUT2D eigenvalue weighted by Crippen LogP contribution is -2.62. The lowest BCUT2D eigenvalue weighted by molar-refractivity contribution is -0.304. The fourth-order valence-electron chi connectivity index (χ4n) is 9.98. The van der Waals surface area contributed by atoms with E-state index >= 15 is 0 Å². The van der Waals surface area contributed by atoms with Gasteiger partial charge in [-0.25, -0.2) is 0 Å². The number of fused-ring (bicyclic) bond motifs is 2. The Bertz CT molecular complexity index is 2280. The van der Waals surface area contributed by atoms with E-state index in [0.29, 0.717) is 17.7 Å². The standard InChI is InChI=1S/C58H84N2O19/c1-34-16-14-12-10-8-6-4-5-7-9-11-13-15-17-46(77-55-52(60)53(71)36(3)76-57(55)74)31-49-51(56(72)73)48(69)33-58(75,79-49)32-45(67)28-43(65)26-41(63)24-40(62)25-42(64)27-44(66)30-50(70)78-54(34)35(2)18-23-39(61)29-47(68)37-19-21-38(59)22-20-37/h4-17,19-22,34-36,39-41,43-46,48-49,51-55,57,61-63,65-67,69,71,74-75H,18,23-33,59-60H2,1-3H3,(H,72,73)/b5-4+,8-6+,9-7+,12-10+,13-11+,16-14-,17-15+/t34?,35?,36-,39?,40?,41?,43?,44?,45?,46?,48?,49?,51?,52+,53-,54?,55+,57-,58?/m1/s1. The maximum atomic E-state index is 13.3. The van der Waals surface area contributed by atoms with Crippen molar-refractivity contribution in [3.05, 3.63) is 115 Å². The number of nitrogen functional groups attached to an aromatic ring is 1. The van der Waals surface area contributed by atoms with Gasteiger partial charge in [-0.2, -0.15) is 0 Å². The Kier molecular flexibility index (Phi) is 27.7. The van der Waals surface area contributed by atoms with Crippen molar-refractivity contribution in [1.82, 2.24) is 0 Å². The Morgan fingerprint density at radius 2 is 1.27 bits per heavy atom. The van der Waals surface area contributed by atoms with Crippen LogP contribution in [0.3, 0.4) is 0 Å². The number of benzene rings is 1. The van der Waals surface area contributed by atoms with E-state index in [1.165, 1.54) is 13.0 Å². The molecule has 79 heavy (non-hydrogen) atoms. The van der Waals surface area contributed by atoms with Crippen molar-refractivity contribution < 1.29 is 94.3 Å². The molecule has 0 spiro atoms. The maximum Gasteiger partial charge on any atom is 0.311 e. The first-order chi connectivity index (χ1) is 37.3. The smallest absolute Gasteiger partial charge is 0.311 e. The topological polar surface area (TPSA) is 380 Å². The van der Waals surface area contributed by atoms with Crippen molar-refractivity contribution in [3.8, 4) is 0 Å². The highest BCUT2D eigenvalue weighted by Gasteiger charge is 2.51. The maximum absolute atomic E-state index is 13.3. The minimum atomic E-state index is -2.35. The van der Waals surface area contributed by atoms with Crippen molar-refractivity contribution >= 4 is 29.2 Å². The van der Waals surface area contributed by atoms with E-state index in [0.717, 1.165) is 0 Å². The second-order valence-electron chi connectivity index (χ2n) is 21.2. The summed E-state index contributed by atoms with van der Waals surface area (Å²) in [5, 5.41) is 119. The van der Waals surface area contributed by atoms with E-state index < -0.39 is 172 Å². The van der Waals surface area contributed by atoms with Crippen LogP contribution in [0.25, 0.3) is 0 Å². The molecule has 0 saturated carbocycles. The zero-order valence-electron chi connectivity index (χ0n) is 45.1. The average molecular weight is 1110 g/mol. The number of esters is 1. The number of ketones is 2. The number of hydrogen-bond donors (Lipinski definition) is 13. The monoisotopic (exact) mass is 1110 g/mol. The molecule has 0 radical (unpaired) electrons. The van der Waals surface area contributed by atoms with Gasteiger partial charge in [-0.15, -0.1) is 0 Å². The van der Waals surface area contributed by atoms with Crippen molar-refractivity contribution in [2.24, 2.45) is 23.5 Å². The third-order valence-corrected chi connectivity index (χ3v) is 14.1. The van der Waals surface area contributed by atoms with Gasteiger partial charge in [-0.1, -0.05) is 98.9 Å². The highest BCUT2D eigenvalue weighted by molar-refractivity contribution is 5.96. The number of anilines is 1. The van der Waals surface area contributed by atoms with E-state index in [-0.39, 0.29) is 36.9 Å². The minimum absolute atomic E-state index is 0.129. The average Bonchev–Trinajstić information content (AvgIpc) is 3.37. The van der Waals surface area contributed by atoms with Gasteiger partial charge in [-0.05, 0) is 69.2 Å². The molecule has 19 atom stereocenters. The predicted molar refractivity (Wildman–Crippen MR) is 290 cm³/mol. The van der Waals surface area contributed by atoms with Crippen LogP contribution in [0.15, 0.2) is 109 Å². The summed E-state index contributed by atoms with van der Waals surface area (Å²) in [7, 11) is 0. The molecule has 2 bridgehead atoms. The third-order valence-electron chi connectivity index (χ3n) is 14.1. The van der Waals surface area contributed by atoms with Crippen molar-refractivity contribution in [2.45, 2.75) is 195 Å². The predicted octanol–water partition coefficient (Wildman–Crippen LogP) is 2.29. The highest BCUT2D eigenvalue weighted by Crippen LogP contribution is 2.38. The van der Waals surface area contributed by atoms with Crippen LogP contribution in [0.2, 0.25) is 0 Å². The Labute approximate surface area is 461 Å². The summed E-state index contributed by atoms with van der Waals surface area (Å²) in [6.45, 7) is 5.18. The molecule has 2 saturated heterocycles. The second kappa shape index (κ2) is 33.0. The number of Topliss-reactive ketones (excluding diaryl/α,β-unsaturated/α-hetero) is 2. The lowest BCUT2D eigenvalue weighted by Gasteiger charge is -2.45. The molecule has 4 rings (SSSR count). The third kappa shape index (κ3) is 23.1. The van der Waals surface area contributed by atoms with Crippen LogP contribution >= 0.6 is 0 Å². The molecule has 3 aliphatic rings. The first-order valence-corrected chi connectivity index (χ1v) is 26.9. The molecule has 2 fully saturated rings. The number of ether oxygens (including phenoxy) is 4. The minimum Gasteiger partial charge on any atom is -0.481 e. The number of aliphatic hydroxyl groups excluding tert-OH is 9. The van der Waals surface area contributed by atoms with Gasteiger partial charge in [0.15, 0.2) is 17.9 Å². The normalized spacial score (nSPS) is 38.4. The van der Waals surface area contributed by atoms with E-state index in [4.69, 9.17) is 30.4 Å². The molecule has 1 aromatic carbocycles. The van der Waals surface area contributed by atoms with Gasteiger partial charge in [0, 0.05) is 55.7 Å². The molecule has 440 valence electrons. The molecule has 21 heteroatoms. The fraction of sp³-hybridized carbons (Fsp3) is 0.586. The summed E-state index contributed by atoms with van der Waals surface area (Å²) in [4.78, 5) is 51.6. The molecular formula is C58H84N2O19. The van der Waals surface area contributed by atoms with E-state index in [1.54, 1.807) is 97.2 Å². The van der Waals surface area contributed by atoms with Crippen molar-refractivity contribution in [2.75, 3.05) is 5.73 Å². The lowest BCUT2D eigenvalue weighted by atomic mass is 9.82. The first-order valence-electron chi connectivity index (χ1n) is 26.9. The summed E-state index contributed by atoms with van der Waals surface area (Å²) in [5.74, 6) is -7.83. The molecule has 0 aliphatic carbocycles. The zero-order valence-corrected chi connectivity index (χ0v) is 45.1. The molecular weight excluding hydrogens is 1030 g/mol. The van der Waals surface area contributed by atoms with Gasteiger partial charge in [-0.3, -0.25) is 19.2 Å². The van der Waals surface area contributed by atoms with Crippen molar-refractivity contribution in [1.29, 1.82) is 0 Å². The largest absolute Gasteiger partial charge is 0.481 e. The Morgan fingerprint density at radius 3 is 1.86 bits per heavy atom. The molecule has 3 heterocycles. The van der Waals surface area contributed by atoms with Gasteiger partial charge < -0.3 is 86.6 Å². The number of carbonyl (C=O) groups is 4. The van der Waals surface area contributed by atoms with Crippen LogP contribution in [-0.4, -0.2) is 177 Å². The van der Waals surface area contributed by atoms with Crippen LogP contribution < -0.4 is 11.5 Å². The quantitative estimate of drug-likeness (QED) is 0.0908. The van der Waals surface area contributed by atoms with Gasteiger partial charge in [0.05, 0.1) is 79.6 Å². The Hall–Kier alpha value is -5.08. The molecule has 0 amide bonds. The zero-order chi connectivity index (χ0) is 58.4. The molecule has 21 nitrogen and oxygen atoms in total. The number of rotatable bonds is 10. The van der Waals surface area contributed by atoms with Gasteiger partial charge in [0.2, 0.25) is 0 Å². The highest BCUT2D eigenvalue weighted by atomic mass is 16.7. The summed E-state index contributed by atoms with van der Waals surface area (Å²) < 4.78 is 23.4. The molecule has 1 aromatic rings. The number of aliphatic carboxylic acids is 1. The van der Waals surface area contributed by atoms with Gasteiger partial charge in [0.25, 0.3) is 0 Å². The second-order valence-corrected chi connectivity index (χ2v) is 21.2. The van der Waals surface area contributed by atoms with Crippen LogP contribution in [-0.2, 0) is 33.3 Å². The number of aliphatic hydroxyl groups is 10. The summed E-state index contributed by atoms with van der Waals surface area (Å²) >= 11 is 0. The number of cyclic esters (lactones) is 1. The van der Waals surface area contributed by atoms with Crippen LogP contribution in [0.4, 0.5) is 5.69 Å². The SMILES string of the molecule is CC1\C=C/C=C/C=C/C=C/C=C/C=C/C=C/C(O[C@H]2[C@@H](N)[C@H](O)[C@@H](C)O[C@H]2O)CC2OC(O)(CC(O)CC(O)CC(O)CC(O)CC(=O)CC(O)CC(=O)OC1C(C)CCC(O)CC(=O)c1ccc(N)cc1)CC(O)C2C(=O)O. The molecule has 14 unspecified atom stereocenters. The van der Waals surface area contributed by atoms with Crippen LogP contribution in [0, 0.1) is 17.8 Å². The van der Waals surface area contributed by atoms with Crippen LogP contribution in [0.1, 0.15) is 108 Å². The number of hydrogen-bond acceptors (Lipinski definition) is 20. The summed E-state index contributed by atoms with van der Waals surface area (Å²) in [5.41, 5.74) is 12.9. The molecule has 3 aliphatic heterocycles. The first kappa shape index (κ1) is 66.4. The number of carbonyl (C=O) groups excluding carboxylic acids is 3. The molecule has 15 N–H and O–H groups in total. The number of allylic oxidation sites excluding steroid dienone is 12. The fourth-order valence-corrected chi connectivity index (χ4v) is 9.98. The van der Waals surface area contributed by atoms with Gasteiger partial charge >= 0.3 is 11.9 Å². The van der Waals surface area contributed by atoms with E-state index in [1.807, 2.05) is 19.9 Å². The number of carboxylic acid groups (broad SMARTS) is 1.